The van der Waals surface area contributed by atoms with Gasteiger partial charge in [0, 0.05) is 24.8 Å². The van der Waals surface area contributed by atoms with Crippen LogP contribution in [0.15, 0.2) is 54.6 Å². The van der Waals surface area contributed by atoms with Crippen molar-refractivity contribution in [2.24, 2.45) is 0 Å². The van der Waals surface area contributed by atoms with Gasteiger partial charge in [-0.05, 0) is 63.4 Å². The quantitative estimate of drug-likeness (QED) is 0.635. The van der Waals surface area contributed by atoms with Gasteiger partial charge in [-0.15, -0.1) is 0 Å². The number of amides is 1. The zero-order valence-corrected chi connectivity index (χ0v) is 17.0. The van der Waals surface area contributed by atoms with E-state index in [4.69, 9.17) is 4.74 Å². The van der Waals surface area contributed by atoms with Crippen LogP contribution in [0.3, 0.4) is 0 Å². The van der Waals surface area contributed by atoms with Gasteiger partial charge in [0.2, 0.25) is 0 Å². The Kier molecular flexibility index (Phi) is 8.53. The molecule has 0 bridgehead atoms. The van der Waals surface area contributed by atoms with Gasteiger partial charge in [-0.2, -0.15) is 0 Å². The number of carbonyl (C=O) groups excluding carboxylic acids is 2. The van der Waals surface area contributed by atoms with Crippen LogP contribution in [0.4, 0.5) is 5.69 Å². The summed E-state index contributed by atoms with van der Waals surface area (Å²) >= 11 is 0. The van der Waals surface area contributed by atoms with E-state index in [9.17, 15) is 9.59 Å². The molecular weight excluding hydrogens is 352 g/mol. The lowest BCUT2D eigenvalue weighted by molar-refractivity contribution is -0.124. The maximum absolute atomic E-state index is 12.2. The molecule has 28 heavy (non-hydrogen) atoms. The van der Waals surface area contributed by atoms with Gasteiger partial charge in [-0.1, -0.05) is 30.3 Å². The van der Waals surface area contributed by atoms with Gasteiger partial charge in [0.1, 0.15) is 0 Å². The van der Waals surface area contributed by atoms with Gasteiger partial charge in [0.05, 0.1) is 5.56 Å². The highest BCUT2D eigenvalue weighted by molar-refractivity contribution is 5.91. The zero-order valence-electron chi connectivity index (χ0n) is 17.0. The number of nitrogens with zero attached hydrogens (tertiary/aromatic N) is 1. The molecular formula is C23H30N2O3. The van der Waals surface area contributed by atoms with E-state index in [2.05, 4.69) is 36.2 Å². The monoisotopic (exact) mass is 382 g/mol. The number of anilines is 1. The summed E-state index contributed by atoms with van der Waals surface area (Å²) < 4.78 is 5.14. The minimum absolute atomic E-state index is 0.0137. The molecule has 0 aliphatic heterocycles. The van der Waals surface area contributed by atoms with E-state index >= 15 is 0 Å². The van der Waals surface area contributed by atoms with Crippen LogP contribution in [0, 0.1) is 0 Å². The maximum Gasteiger partial charge on any atom is 0.338 e. The minimum atomic E-state index is -0.488. The molecule has 0 unspecified atom stereocenters. The Labute approximate surface area is 167 Å². The van der Waals surface area contributed by atoms with Crippen LogP contribution >= 0.6 is 0 Å². The van der Waals surface area contributed by atoms with Crippen molar-refractivity contribution in [2.75, 3.05) is 24.6 Å². The van der Waals surface area contributed by atoms with Crippen LogP contribution in [0.5, 0.6) is 0 Å². The van der Waals surface area contributed by atoms with Crippen LogP contribution in [0.1, 0.15) is 43.1 Å². The van der Waals surface area contributed by atoms with Crippen molar-refractivity contribution >= 4 is 17.6 Å². The Morgan fingerprint density at radius 1 is 1.00 bits per heavy atom. The van der Waals surface area contributed by atoms with Crippen molar-refractivity contribution in [1.82, 2.24) is 5.32 Å². The van der Waals surface area contributed by atoms with E-state index in [1.165, 1.54) is 5.56 Å². The van der Waals surface area contributed by atoms with E-state index < -0.39 is 5.97 Å². The fourth-order valence-electron chi connectivity index (χ4n) is 3.03. The van der Waals surface area contributed by atoms with Crippen molar-refractivity contribution in [3.63, 3.8) is 0 Å². The highest BCUT2D eigenvalue weighted by Crippen LogP contribution is 2.15. The molecule has 5 heteroatoms. The molecule has 1 N–H and O–H groups in total. The first-order valence-electron chi connectivity index (χ1n) is 9.88. The largest absolute Gasteiger partial charge is 0.452 e. The molecule has 5 nitrogen and oxygen atoms in total. The molecule has 1 amide bonds. The van der Waals surface area contributed by atoms with Gasteiger partial charge in [0.15, 0.2) is 6.61 Å². The third kappa shape index (κ3) is 6.72. The number of benzene rings is 2. The maximum atomic E-state index is 12.2. The van der Waals surface area contributed by atoms with Gasteiger partial charge in [0.25, 0.3) is 5.91 Å². The molecule has 0 aliphatic carbocycles. The molecule has 0 saturated heterocycles. The first kappa shape index (κ1) is 21.5. The topological polar surface area (TPSA) is 58.6 Å². The highest BCUT2D eigenvalue weighted by atomic mass is 16.5. The summed E-state index contributed by atoms with van der Waals surface area (Å²) in [6.07, 6.45) is 1.72. The summed E-state index contributed by atoms with van der Waals surface area (Å²) in [7, 11) is 0. The molecule has 0 aliphatic rings. The predicted molar refractivity (Wildman–Crippen MR) is 113 cm³/mol. The van der Waals surface area contributed by atoms with Gasteiger partial charge in [-0.25, -0.2) is 4.79 Å². The van der Waals surface area contributed by atoms with Crippen molar-refractivity contribution in [2.45, 2.75) is 39.7 Å². The van der Waals surface area contributed by atoms with Crippen LogP contribution in [0.2, 0.25) is 0 Å². The number of nitrogens with one attached hydrogen (secondary N) is 1. The van der Waals surface area contributed by atoms with Crippen LogP contribution in [0.25, 0.3) is 0 Å². The van der Waals surface area contributed by atoms with Crippen LogP contribution in [-0.2, 0) is 16.0 Å². The number of ether oxygens (including phenoxy) is 1. The van der Waals surface area contributed by atoms with Crippen molar-refractivity contribution in [3.05, 3.63) is 65.7 Å². The number of hydrogen-bond donors (Lipinski definition) is 1. The van der Waals surface area contributed by atoms with E-state index in [-0.39, 0.29) is 18.6 Å². The van der Waals surface area contributed by atoms with Crippen molar-refractivity contribution in [3.8, 4) is 0 Å². The molecule has 2 aromatic carbocycles. The second kappa shape index (κ2) is 11.1. The fraction of sp³-hybridized carbons (Fsp3) is 0.391. The normalized spacial score (nSPS) is 11.5. The fourth-order valence-corrected chi connectivity index (χ4v) is 3.03. The summed E-state index contributed by atoms with van der Waals surface area (Å²) in [5, 5.41) is 2.87. The summed E-state index contributed by atoms with van der Waals surface area (Å²) in [4.78, 5) is 26.4. The third-order valence-corrected chi connectivity index (χ3v) is 4.68. The summed E-state index contributed by atoms with van der Waals surface area (Å²) in [5.74, 6) is -0.771. The van der Waals surface area contributed by atoms with Crippen molar-refractivity contribution < 1.29 is 14.3 Å². The first-order valence-corrected chi connectivity index (χ1v) is 9.88. The molecule has 150 valence electrons. The molecule has 2 aromatic rings. The van der Waals surface area contributed by atoms with E-state index in [0.29, 0.717) is 5.56 Å². The second-order valence-electron chi connectivity index (χ2n) is 6.79. The van der Waals surface area contributed by atoms with Gasteiger partial charge < -0.3 is 15.0 Å². The van der Waals surface area contributed by atoms with Gasteiger partial charge in [-0.3, -0.25) is 4.79 Å². The molecule has 0 fully saturated rings. The molecule has 0 heterocycles. The smallest absolute Gasteiger partial charge is 0.338 e. The Morgan fingerprint density at radius 3 is 2.25 bits per heavy atom. The number of esters is 1. The summed E-state index contributed by atoms with van der Waals surface area (Å²) in [6.45, 7) is 7.67. The number of aryl methyl sites for hydroxylation is 1. The third-order valence-electron chi connectivity index (χ3n) is 4.68. The molecule has 0 radical (unpaired) electrons. The molecule has 1 atom stereocenters. The van der Waals surface area contributed by atoms with Gasteiger partial charge >= 0.3 is 5.97 Å². The van der Waals surface area contributed by atoms with E-state index in [1.54, 1.807) is 12.1 Å². The lowest BCUT2D eigenvalue weighted by Gasteiger charge is -2.21. The zero-order chi connectivity index (χ0) is 20.4. The number of carbonyl (C=O) groups is 2. The van der Waals surface area contributed by atoms with Crippen molar-refractivity contribution in [1.29, 1.82) is 0 Å². The molecule has 0 saturated carbocycles. The van der Waals surface area contributed by atoms with E-state index in [1.807, 2.05) is 37.3 Å². The Bertz CT molecular complexity index is 740. The highest BCUT2D eigenvalue weighted by Gasteiger charge is 2.13. The SMILES string of the molecule is CCN(CC)c1ccc(C(=O)OCC(=O)N[C@@H](C)CCc2ccccc2)cc1. The molecule has 2 rings (SSSR count). The Balaban J connectivity index is 1.74. The average Bonchev–Trinajstić information content (AvgIpc) is 2.72. The van der Waals surface area contributed by atoms with Crippen LogP contribution < -0.4 is 10.2 Å². The number of hydrogen-bond acceptors (Lipinski definition) is 4. The summed E-state index contributed by atoms with van der Waals surface area (Å²) in [5.41, 5.74) is 2.75. The Hall–Kier alpha value is -2.82. The standard InChI is InChI=1S/C23H30N2O3/c1-4-25(5-2)21-15-13-20(14-16-21)23(27)28-17-22(26)24-18(3)11-12-19-9-7-6-8-10-19/h6-10,13-16,18H,4-5,11-12,17H2,1-3H3,(H,24,26)/t18-/m0/s1. The molecule has 0 aromatic heterocycles. The first-order chi connectivity index (χ1) is 13.5. The Morgan fingerprint density at radius 2 is 1.64 bits per heavy atom. The van der Waals surface area contributed by atoms with E-state index in [0.717, 1.165) is 31.6 Å². The predicted octanol–water partition coefficient (Wildman–Crippen LogP) is 3.83. The average molecular weight is 383 g/mol. The lowest BCUT2D eigenvalue weighted by Crippen LogP contribution is -2.36. The van der Waals surface area contributed by atoms with Crippen LogP contribution in [-0.4, -0.2) is 37.6 Å². The molecule has 0 spiro atoms. The second-order valence-corrected chi connectivity index (χ2v) is 6.79. The minimum Gasteiger partial charge on any atom is -0.452 e. The number of rotatable bonds is 10. The summed E-state index contributed by atoms with van der Waals surface area (Å²) in [6, 6.07) is 17.4. The lowest BCUT2D eigenvalue weighted by atomic mass is 10.1.